The van der Waals surface area contributed by atoms with Gasteiger partial charge in [-0.05, 0) is 17.7 Å². The van der Waals surface area contributed by atoms with Gasteiger partial charge in [-0.15, -0.1) is 12.4 Å². The molecule has 0 radical (unpaired) electrons. The second-order valence-electron chi connectivity index (χ2n) is 3.93. The Morgan fingerprint density at radius 1 is 1.05 bits per heavy atom. The zero-order chi connectivity index (χ0) is 12.8. The number of nitrogens with two attached hydrogens (primary N) is 1. The zero-order valence-corrected chi connectivity index (χ0v) is 11.2. The van der Waals surface area contributed by atoms with Gasteiger partial charge in [-0.25, -0.2) is 0 Å². The van der Waals surface area contributed by atoms with Gasteiger partial charge in [0.25, 0.3) is 0 Å². The van der Waals surface area contributed by atoms with Crippen molar-refractivity contribution in [1.29, 1.82) is 0 Å². The highest BCUT2D eigenvalue weighted by Gasteiger charge is 2.04. The molecule has 0 heterocycles. The maximum absolute atomic E-state index is 11.5. The number of carbonyl (C=O) groups excluding carboxylic acids is 1. The maximum atomic E-state index is 11.5. The Morgan fingerprint density at radius 2 is 1.79 bits per heavy atom. The number of Topliss-reactive ketones (excluding diaryl/α,β-unsaturated/α-hetero) is 1. The molecular weight excluding hydrogens is 262 g/mol. The van der Waals surface area contributed by atoms with E-state index in [-0.39, 0.29) is 24.7 Å². The topological polar surface area (TPSA) is 52.3 Å². The predicted molar refractivity (Wildman–Crippen MR) is 77.8 cm³/mol. The molecule has 2 rings (SSSR count). The molecule has 0 aliphatic rings. The normalized spacial score (nSPS) is 9.53. The number of benzene rings is 2. The molecule has 2 aromatic carbocycles. The first-order chi connectivity index (χ1) is 8.79. The van der Waals surface area contributed by atoms with Crippen LogP contribution >= 0.6 is 12.4 Å². The smallest absolute Gasteiger partial charge is 0.176 e. The van der Waals surface area contributed by atoms with Crippen molar-refractivity contribution in [3.8, 4) is 5.75 Å². The Balaban J connectivity index is 0.00000180. The lowest BCUT2D eigenvalue weighted by Crippen LogP contribution is -2.13. The van der Waals surface area contributed by atoms with E-state index in [0.717, 1.165) is 5.56 Å². The summed E-state index contributed by atoms with van der Waals surface area (Å²) in [6.07, 6.45) is 0. The molecule has 3 nitrogen and oxygen atoms in total. The number of ether oxygens (including phenoxy) is 1. The average molecular weight is 278 g/mol. The summed E-state index contributed by atoms with van der Waals surface area (Å²) in [4.78, 5) is 11.5. The minimum absolute atomic E-state index is 0. The standard InChI is InChI=1S/C15H15NO2.ClH/c16-10-15(17)13-7-4-8-14(9-13)18-11-12-5-2-1-3-6-12;/h1-9H,10-11,16H2;1H. The van der Waals surface area contributed by atoms with E-state index in [2.05, 4.69) is 0 Å². The van der Waals surface area contributed by atoms with Gasteiger partial charge in [-0.1, -0.05) is 42.5 Å². The maximum Gasteiger partial charge on any atom is 0.176 e. The lowest BCUT2D eigenvalue weighted by molar-refractivity contribution is 0.100. The van der Waals surface area contributed by atoms with Gasteiger partial charge in [0.05, 0.1) is 6.54 Å². The van der Waals surface area contributed by atoms with E-state index >= 15 is 0 Å². The second-order valence-corrected chi connectivity index (χ2v) is 3.93. The van der Waals surface area contributed by atoms with Crippen LogP contribution in [-0.2, 0) is 6.61 Å². The minimum Gasteiger partial charge on any atom is -0.489 e. The SMILES string of the molecule is Cl.NCC(=O)c1cccc(OCc2ccccc2)c1. The van der Waals surface area contributed by atoms with Gasteiger partial charge < -0.3 is 10.5 Å². The predicted octanol–water partition coefficient (Wildman–Crippen LogP) is 2.83. The van der Waals surface area contributed by atoms with Crippen molar-refractivity contribution in [3.05, 3.63) is 65.7 Å². The third-order valence-corrected chi connectivity index (χ3v) is 2.59. The third-order valence-electron chi connectivity index (χ3n) is 2.59. The molecule has 0 amide bonds. The molecule has 2 aromatic rings. The summed E-state index contributed by atoms with van der Waals surface area (Å²) in [5, 5.41) is 0. The lowest BCUT2D eigenvalue weighted by atomic mass is 10.1. The fourth-order valence-electron chi connectivity index (χ4n) is 1.62. The molecule has 0 aliphatic heterocycles. The quantitative estimate of drug-likeness (QED) is 0.855. The number of ketones is 1. The molecule has 0 bridgehead atoms. The molecule has 100 valence electrons. The summed E-state index contributed by atoms with van der Waals surface area (Å²) >= 11 is 0. The van der Waals surface area contributed by atoms with E-state index in [0.29, 0.717) is 17.9 Å². The molecule has 0 spiro atoms. The fraction of sp³-hybridized carbons (Fsp3) is 0.133. The Morgan fingerprint density at radius 3 is 2.47 bits per heavy atom. The monoisotopic (exact) mass is 277 g/mol. The molecule has 0 fully saturated rings. The van der Waals surface area contributed by atoms with Crippen LogP contribution in [0.4, 0.5) is 0 Å². The lowest BCUT2D eigenvalue weighted by Gasteiger charge is -2.07. The Bertz CT molecular complexity index is 529. The highest BCUT2D eigenvalue weighted by Crippen LogP contribution is 2.15. The molecule has 4 heteroatoms. The van der Waals surface area contributed by atoms with Crippen molar-refractivity contribution in [2.24, 2.45) is 5.73 Å². The number of halogens is 1. The van der Waals surface area contributed by atoms with Gasteiger partial charge in [-0.3, -0.25) is 4.79 Å². The van der Waals surface area contributed by atoms with Crippen LogP contribution in [0.2, 0.25) is 0 Å². The molecule has 0 unspecified atom stereocenters. The van der Waals surface area contributed by atoms with Crippen LogP contribution < -0.4 is 10.5 Å². The van der Waals surface area contributed by atoms with Crippen LogP contribution in [0, 0.1) is 0 Å². The van der Waals surface area contributed by atoms with Crippen molar-refractivity contribution < 1.29 is 9.53 Å². The Kier molecular flexibility index (Phi) is 6.06. The van der Waals surface area contributed by atoms with E-state index in [9.17, 15) is 4.79 Å². The third kappa shape index (κ3) is 4.39. The molecule has 0 atom stereocenters. The van der Waals surface area contributed by atoms with Crippen LogP contribution in [0.15, 0.2) is 54.6 Å². The van der Waals surface area contributed by atoms with Gasteiger partial charge in [-0.2, -0.15) is 0 Å². The highest BCUT2D eigenvalue weighted by atomic mass is 35.5. The molecule has 0 aromatic heterocycles. The van der Waals surface area contributed by atoms with Crippen LogP contribution in [-0.4, -0.2) is 12.3 Å². The summed E-state index contributed by atoms with van der Waals surface area (Å²) in [5.41, 5.74) is 7.01. The van der Waals surface area contributed by atoms with Crippen LogP contribution in [0.25, 0.3) is 0 Å². The van der Waals surface area contributed by atoms with E-state index in [1.165, 1.54) is 0 Å². The number of hydrogen-bond donors (Lipinski definition) is 1. The van der Waals surface area contributed by atoms with Gasteiger partial charge in [0.15, 0.2) is 5.78 Å². The molecule has 0 saturated heterocycles. The summed E-state index contributed by atoms with van der Waals surface area (Å²) in [5.74, 6) is 0.596. The van der Waals surface area contributed by atoms with E-state index in [1.54, 1.807) is 18.2 Å². The minimum atomic E-state index is -0.0832. The van der Waals surface area contributed by atoms with Crippen LogP contribution in [0.3, 0.4) is 0 Å². The largest absolute Gasteiger partial charge is 0.489 e. The molecular formula is C15H16ClNO2. The van der Waals surface area contributed by atoms with Gasteiger partial charge in [0, 0.05) is 5.56 Å². The molecule has 19 heavy (non-hydrogen) atoms. The van der Waals surface area contributed by atoms with Gasteiger partial charge in [0.1, 0.15) is 12.4 Å². The van der Waals surface area contributed by atoms with Crippen molar-refractivity contribution in [2.75, 3.05) is 6.54 Å². The van der Waals surface area contributed by atoms with Crippen molar-refractivity contribution in [3.63, 3.8) is 0 Å². The summed E-state index contributed by atoms with van der Waals surface area (Å²) in [7, 11) is 0. The first kappa shape index (κ1) is 15.2. The van der Waals surface area contributed by atoms with Crippen molar-refractivity contribution >= 4 is 18.2 Å². The molecule has 0 aliphatic carbocycles. The Labute approximate surface area is 118 Å². The number of hydrogen-bond acceptors (Lipinski definition) is 3. The van der Waals surface area contributed by atoms with E-state index in [1.807, 2.05) is 36.4 Å². The second kappa shape index (κ2) is 7.56. The van der Waals surface area contributed by atoms with Crippen LogP contribution in [0.5, 0.6) is 5.75 Å². The average Bonchev–Trinajstić information content (AvgIpc) is 2.45. The molecule has 2 N–H and O–H groups in total. The number of rotatable bonds is 5. The first-order valence-electron chi connectivity index (χ1n) is 5.79. The highest BCUT2D eigenvalue weighted by molar-refractivity contribution is 5.97. The van der Waals surface area contributed by atoms with Crippen LogP contribution in [0.1, 0.15) is 15.9 Å². The summed E-state index contributed by atoms with van der Waals surface area (Å²) in [6, 6.07) is 17.0. The Hall–Kier alpha value is -1.84. The first-order valence-corrected chi connectivity index (χ1v) is 5.79. The molecule has 0 saturated carbocycles. The van der Waals surface area contributed by atoms with Gasteiger partial charge in [0.2, 0.25) is 0 Å². The van der Waals surface area contributed by atoms with E-state index < -0.39 is 0 Å². The number of carbonyl (C=O) groups is 1. The summed E-state index contributed by atoms with van der Waals surface area (Å²) < 4.78 is 5.63. The van der Waals surface area contributed by atoms with Crippen molar-refractivity contribution in [2.45, 2.75) is 6.61 Å². The zero-order valence-electron chi connectivity index (χ0n) is 10.4. The summed E-state index contributed by atoms with van der Waals surface area (Å²) in [6.45, 7) is 0.503. The van der Waals surface area contributed by atoms with Gasteiger partial charge >= 0.3 is 0 Å². The van der Waals surface area contributed by atoms with E-state index in [4.69, 9.17) is 10.5 Å². The van der Waals surface area contributed by atoms with Crippen molar-refractivity contribution in [1.82, 2.24) is 0 Å². The fourth-order valence-corrected chi connectivity index (χ4v) is 1.62.